The molecule has 0 saturated heterocycles. The molecule has 0 aromatic heterocycles. The fourth-order valence-corrected chi connectivity index (χ4v) is 2.14. The zero-order chi connectivity index (χ0) is 15.2. The van der Waals surface area contributed by atoms with Gasteiger partial charge in [0.25, 0.3) is 0 Å². The third-order valence-corrected chi connectivity index (χ3v) is 3.32. The summed E-state index contributed by atoms with van der Waals surface area (Å²) in [6, 6.07) is 12.1. The van der Waals surface area contributed by atoms with E-state index in [2.05, 4.69) is 11.4 Å². The Bertz CT molecular complexity index is 682. The summed E-state index contributed by atoms with van der Waals surface area (Å²) in [6.07, 6.45) is 0. The second-order valence-corrected chi connectivity index (χ2v) is 4.91. The van der Waals surface area contributed by atoms with Gasteiger partial charge in [-0.15, -0.1) is 0 Å². The third kappa shape index (κ3) is 3.94. The molecule has 108 valence electrons. The molecule has 2 rings (SSSR count). The molecule has 0 atom stereocenters. The number of nitrogens with zero attached hydrogens (tertiary/aromatic N) is 1. The number of rotatable bonds is 5. The molecule has 3 nitrogen and oxygen atoms in total. The molecule has 2 aromatic carbocycles. The molecule has 2 aromatic rings. The molecule has 0 bridgehead atoms. The lowest BCUT2D eigenvalue weighted by Crippen LogP contribution is -2.12. The van der Waals surface area contributed by atoms with Crippen LogP contribution in [0.2, 0.25) is 5.02 Å². The lowest BCUT2D eigenvalue weighted by Gasteiger charge is -2.08. The molecule has 0 spiro atoms. The minimum Gasteiger partial charge on any atom is -0.495 e. The van der Waals surface area contributed by atoms with Crippen LogP contribution in [-0.4, -0.2) is 7.11 Å². The fraction of sp³-hybridized carbons (Fsp3) is 0.188. The van der Waals surface area contributed by atoms with Gasteiger partial charge >= 0.3 is 0 Å². The Kier molecular flexibility index (Phi) is 5.15. The molecule has 0 amide bonds. The zero-order valence-corrected chi connectivity index (χ0v) is 12.2. The van der Waals surface area contributed by atoms with E-state index in [9.17, 15) is 4.39 Å². The van der Waals surface area contributed by atoms with Gasteiger partial charge in [0.2, 0.25) is 0 Å². The van der Waals surface area contributed by atoms with Crippen LogP contribution in [0.15, 0.2) is 36.4 Å². The van der Waals surface area contributed by atoms with Crippen LogP contribution in [0.1, 0.15) is 16.7 Å². The number of hydrogen-bond acceptors (Lipinski definition) is 3. The topological polar surface area (TPSA) is 45.0 Å². The molecular weight excluding hydrogens is 291 g/mol. The summed E-state index contributed by atoms with van der Waals surface area (Å²) in [5, 5.41) is 12.3. The van der Waals surface area contributed by atoms with Crippen molar-refractivity contribution in [2.45, 2.75) is 13.1 Å². The first-order valence-electron chi connectivity index (χ1n) is 6.35. The molecule has 0 fully saturated rings. The van der Waals surface area contributed by atoms with Gasteiger partial charge in [0, 0.05) is 13.1 Å². The Morgan fingerprint density at radius 3 is 2.48 bits per heavy atom. The molecule has 0 aliphatic heterocycles. The molecule has 0 radical (unpaired) electrons. The highest BCUT2D eigenvalue weighted by molar-refractivity contribution is 6.30. The largest absolute Gasteiger partial charge is 0.495 e. The van der Waals surface area contributed by atoms with Crippen molar-refractivity contribution in [3.63, 3.8) is 0 Å². The van der Waals surface area contributed by atoms with E-state index in [4.69, 9.17) is 21.6 Å². The van der Waals surface area contributed by atoms with E-state index in [1.165, 1.54) is 13.2 Å². The van der Waals surface area contributed by atoms with Gasteiger partial charge < -0.3 is 10.1 Å². The van der Waals surface area contributed by atoms with E-state index in [1.54, 1.807) is 18.2 Å². The first-order chi connectivity index (χ1) is 10.1. The molecule has 5 heteroatoms. The Morgan fingerprint density at radius 1 is 1.19 bits per heavy atom. The molecule has 0 aliphatic carbocycles. The molecule has 0 saturated carbocycles. The van der Waals surface area contributed by atoms with Gasteiger partial charge in [-0.25, -0.2) is 4.39 Å². The van der Waals surface area contributed by atoms with Crippen LogP contribution >= 0.6 is 11.6 Å². The van der Waals surface area contributed by atoms with Crippen molar-refractivity contribution in [3.05, 3.63) is 63.9 Å². The monoisotopic (exact) mass is 304 g/mol. The summed E-state index contributed by atoms with van der Waals surface area (Å²) >= 11 is 5.73. The van der Waals surface area contributed by atoms with Crippen molar-refractivity contribution in [2.75, 3.05) is 7.11 Å². The highest BCUT2D eigenvalue weighted by Gasteiger charge is 2.04. The third-order valence-electron chi connectivity index (χ3n) is 3.03. The summed E-state index contributed by atoms with van der Waals surface area (Å²) < 4.78 is 18.2. The van der Waals surface area contributed by atoms with Gasteiger partial charge in [0.15, 0.2) is 0 Å². The summed E-state index contributed by atoms with van der Waals surface area (Å²) in [6.45, 7) is 1.18. The Hall–Kier alpha value is -2.09. The van der Waals surface area contributed by atoms with Crippen molar-refractivity contribution >= 4 is 11.6 Å². The molecule has 0 aliphatic rings. The van der Waals surface area contributed by atoms with Crippen molar-refractivity contribution in [1.82, 2.24) is 5.32 Å². The SMILES string of the molecule is COc1cc(CNCc2ccc(F)c(Cl)c2)ccc1C#N. The first-order valence-corrected chi connectivity index (χ1v) is 6.73. The molecule has 1 N–H and O–H groups in total. The fourth-order valence-electron chi connectivity index (χ4n) is 1.94. The van der Waals surface area contributed by atoms with Crippen LogP contribution in [-0.2, 0) is 13.1 Å². The highest BCUT2D eigenvalue weighted by Crippen LogP contribution is 2.19. The number of methoxy groups -OCH3 is 1. The van der Waals surface area contributed by atoms with E-state index in [0.717, 1.165) is 11.1 Å². The van der Waals surface area contributed by atoms with Crippen LogP contribution in [0.25, 0.3) is 0 Å². The Balaban J connectivity index is 1.97. The maximum Gasteiger partial charge on any atom is 0.141 e. The van der Waals surface area contributed by atoms with Crippen LogP contribution in [0.3, 0.4) is 0 Å². The van der Waals surface area contributed by atoms with Crippen molar-refractivity contribution in [3.8, 4) is 11.8 Å². The van der Waals surface area contributed by atoms with E-state index in [1.807, 2.05) is 12.1 Å². The molecular formula is C16H14ClFN2O. The van der Waals surface area contributed by atoms with E-state index in [0.29, 0.717) is 24.4 Å². The van der Waals surface area contributed by atoms with Crippen molar-refractivity contribution in [2.24, 2.45) is 0 Å². The molecule has 0 heterocycles. The van der Waals surface area contributed by atoms with Gasteiger partial charge in [-0.3, -0.25) is 0 Å². The standard InChI is InChI=1S/C16H14ClFN2O/c1-21-16-7-12(2-4-13(16)8-19)10-20-9-11-3-5-15(18)14(17)6-11/h2-7,20H,9-10H2,1H3. The molecule has 0 unspecified atom stereocenters. The minimum atomic E-state index is -0.419. The normalized spacial score (nSPS) is 10.2. The number of halogens is 2. The number of nitriles is 1. The average Bonchev–Trinajstić information content (AvgIpc) is 2.50. The van der Waals surface area contributed by atoms with Gasteiger partial charge in [-0.1, -0.05) is 23.7 Å². The summed E-state index contributed by atoms with van der Waals surface area (Å²) in [7, 11) is 1.54. The van der Waals surface area contributed by atoms with Crippen LogP contribution in [0.5, 0.6) is 5.75 Å². The predicted molar refractivity (Wildman–Crippen MR) is 79.7 cm³/mol. The summed E-state index contributed by atoms with van der Waals surface area (Å²) in [5.74, 6) is 0.138. The maximum atomic E-state index is 13.0. The lowest BCUT2D eigenvalue weighted by atomic mass is 10.1. The average molecular weight is 305 g/mol. The van der Waals surface area contributed by atoms with Gasteiger partial charge in [-0.05, 0) is 35.4 Å². The smallest absolute Gasteiger partial charge is 0.141 e. The maximum absolute atomic E-state index is 13.0. The van der Waals surface area contributed by atoms with Gasteiger partial charge in [0.05, 0.1) is 17.7 Å². The van der Waals surface area contributed by atoms with Crippen LogP contribution in [0, 0.1) is 17.1 Å². The predicted octanol–water partition coefficient (Wildman–Crippen LogP) is 3.65. The summed E-state index contributed by atoms with van der Waals surface area (Å²) in [4.78, 5) is 0. The number of benzene rings is 2. The number of hydrogen-bond donors (Lipinski definition) is 1. The number of ether oxygens (including phenoxy) is 1. The quantitative estimate of drug-likeness (QED) is 0.917. The first kappa shape index (κ1) is 15.3. The van der Waals surface area contributed by atoms with Gasteiger partial charge in [0.1, 0.15) is 17.6 Å². The Morgan fingerprint density at radius 2 is 1.86 bits per heavy atom. The Labute approximate surface area is 127 Å². The second-order valence-electron chi connectivity index (χ2n) is 4.50. The lowest BCUT2D eigenvalue weighted by molar-refractivity contribution is 0.412. The van der Waals surface area contributed by atoms with Crippen LogP contribution in [0.4, 0.5) is 4.39 Å². The minimum absolute atomic E-state index is 0.120. The van der Waals surface area contributed by atoms with E-state index >= 15 is 0 Å². The zero-order valence-electron chi connectivity index (χ0n) is 11.5. The molecule has 21 heavy (non-hydrogen) atoms. The summed E-state index contributed by atoms with van der Waals surface area (Å²) in [5.41, 5.74) is 2.41. The van der Waals surface area contributed by atoms with Crippen molar-refractivity contribution < 1.29 is 9.13 Å². The highest BCUT2D eigenvalue weighted by atomic mass is 35.5. The number of nitrogens with one attached hydrogen (secondary N) is 1. The second kappa shape index (κ2) is 7.07. The van der Waals surface area contributed by atoms with Gasteiger partial charge in [-0.2, -0.15) is 5.26 Å². The van der Waals surface area contributed by atoms with E-state index in [-0.39, 0.29) is 5.02 Å². The van der Waals surface area contributed by atoms with Crippen LogP contribution < -0.4 is 10.1 Å². The van der Waals surface area contributed by atoms with Crippen molar-refractivity contribution in [1.29, 1.82) is 5.26 Å². The van der Waals surface area contributed by atoms with E-state index < -0.39 is 5.82 Å².